The molecule has 1 heterocycles. The van der Waals surface area contributed by atoms with Gasteiger partial charge in [0.05, 0.1) is 21.3 Å². The van der Waals surface area contributed by atoms with Crippen LogP contribution >= 0.6 is 0 Å². The highest BCUT2D eigenvalue weighted by Gasteiger charge is 2.46. The topological polar surface area (TPSA) is 81.9 Å². The van der Waals surface area contributed by atoms with E-state index in [0.717, 1.165) is 41.0 Å². The van der Waals surface area contributed by atoms with Crippen molar-refractivity contribution >= 4 is 11.0 Å². The van der Waals surface area contributed by atoms with Gasteiger partial charge in [0.2, 0.25) is 0 Å². The monoisotopic (exact) mass is 763 g/mol. The second kappa shape index (κ2) is 15.2. The summed E-state index contributed by atoms with van der Waals surface area (Å²) in [5.41, 5.74) is -0.746. The highest BCUT2D eigenvalue weighted by molar-refractivity contribution is 7.84. The quantitative estimate of drug-likeness (QED) is 0.0943. The Bertz CT molecular complexity index is 2110. The minimum atomic E-state index is -4.97. The Morgan fingerprint density at radius 2 is 1.22 bits per heavy atom. The zero-order valence-corrected chi connectivity index (χ0v) is 30.1. The van der Waals surface area contributed by atoms with Gasteiger partial charge in [-0.1, -0.05) is 103 Å². The third kappa shape index (κ3) is 7.66. The molecule has 2 atom stereocenters. The van der Waals surface area contributed by atoms with Crippen LogP contribution in [0.15, 0.2) is 133 Å². The number of hydrogen-bond donors (Lipinski definition) is 1. The van der Waals surface area contributed by atoms with Crippen molar-refractivity contribution in [2.45, 2.75) is 55.6 Å². The first-order valence-corrected chi connectivity index (χ1v) is 17.9. The molecular formula is C40H35F6N5O2S. The van der Waals surface area contributed by atoms with E-state index in [0.29, 0.717) is 6.07 Å². The lowest BCUT2D eigenvalue weighted by atomic mass is 9.77. The van der Waals surface area contributed by atoms with E-state index in [4.69, 9.17) is 5.10 Å². The maximum Gasteiger partial charge on any atom is 0.461 e. The largest absolute Gasteiger partial charge is 0.461 e. The van der Waals surface area contributed by atoms with Crippen molar-refractivity contribution in [2.24, 2.45) is 0 Å². The zero-order chi connectivity index (χ0) is 38.7. The van der Waals surface area contributed by atoms with E-state index >= 15 is 4.39 Å². The lowest BCUT2D eigenvalue weighted by Crippen LogP contribution is -2.50. The third-order valence-electron chi connectivity index (χ3n) is 8.79. The minimum absolute atomic E-state index is 0.00884. The molecule has 1 N–H and O–H groups in total. The van der Waals surface area contributed by atoms with Crippen LogP contribution in [0.25, 0.3) is 0 Å². The minimum Gasteiger partial charge on any atom is -0.428 e. The van der Waals surface area contributed by atoms with E-state index in [2.05, 4.69) is 19.8 Å². The summed E-state index contributed by atoms with van der Waals surface area (Å²) in [5, 5.41) is 13.9. The SMILES string of the molecule is CC(C)(C)S(=O)N[C@@](Cc1nnn(C(c2ccccc2)(c2ccccc2)c2ccccc2)n1)(c1ccc(F)cc1)c1cc(F)cc(OC(F)(F)C(F)F)c1. The van der Waals surface area contributed by atoms with Crippen LogP contribution in [0.2, 0.25) is 0 Å². The average molecular weight is 764 g/mol. The molecular weight excluding hydrogens is 729 g/mol. The molecule has 0 fully saturated rings. The molecule has 0 aliphatic heterocycles. The fourth-order valence-electron chi connectivity index (χ4n) is 6.22. The summed E-state index contributed by atoms with van der Waals surface area (Å²) in [7, 11) is -1.98. The fourth-order valence-corrected chi connectivity index (χ4v) is 7.15. The Hall–Kier alpha value is -5.34. The number of halogens is 6. The van der Waals surface area contributed by atoms with Crippen LogP contribution < -0.4 is 9.46 Å². The van der Waals surface area contributed by atoms with Gasteiger partial charge >= 0.3 is 12.5 Å². The number of nitrogens with one attached hydrogen (secondary N) is 1. The molecule has 1 unspecified atom stereocenters. The van der Waals surface area contributed by atoms with Crippen LogP contribution in [0.4, 0.5) is 26.3 Å². The van der Waals surface area contributed by atoms with Crippen LogP contribution in [0.3, 0.4) is 0 Å². The molecule has 0 saturated heterocycles. The van der Waals surface area contributed by atoms with Crippen molar-refractivity contribution in [3.8, 4) is 5.75 Å². The fraction of sp³-hybridized carbons (Fsp3) is 0.225. The van der Waals surface area contributed by atoms with Gasteiger partial charge in [-0.2, -0.15) is 17.6 Å². The Kier molecular flexibility index (Phi) is 10.8. The number of alkyl halides is 4. The van der Waals surface area contributed by atoms with Crippen molar-refractivity contribution in [3.63, 3.8) is 0 Å². The number of tetrazole rings is 1. The van der Waals surface area contributed by atoms with E-state index in [9.17, 15) is 26.2 Å². The standard InChI is InChI=1S/C40H35F6N5O2S/c1-37(2,3)54(52)49-38(27-19-21-32(41)22-20-27,31-23-33(42)25-34(24-31)53-40(45,46)36(43)44)26-35-47-50-51(48-35)39(28-13-7-4-8-14-28,29-15-9-5-10-16-29)30-17-11-6-12-18-30/h4-25,36,49H,26H2,1-3H3/t38-,54?/m0/s1. The second-order valence-electron chi connectivity index (χ2n) is 13.5. The third-order valence-corrected chi connectivity index (χ3v) is 10.4. The number of nitrogens with zero attached hydrogens (tertiary/aromatic N) is 4. The van der Waals surface area contributed by atoms with Crippen molar-refractivity contribution in [1.29, 1.82) is 0 Å². The molecule has 0 bridgehead atoms. The highest BCUT2D eigenvalue weighted by Crippen LogP contribution is 2.41. The van der Waals surface area contributed by atoms with Crippen LogP contribution in [0.5, 0.6) is 5.75 Å². The van der Waals surface area contributed by atoms with Gasteiger partial charge in [-0.25, -0.2) is 17.7 Å². The molecule has 0 saturated carbocycles. The van der Waals surface area contributed by atoms with Crippen molar-refractivity contribution in [2.75, 3.05) is 0 Å². The second-order valence-corrected chi connectivity index (χ2v) is 15.5. The summed E-state index contributed by atoms with van der Waals surface area (Å²) in [6, 6.07) is 35.7. The predicted molar refractivity (Wildman–Crippen MR) is 192 cm³/mol. The Balaban J connectivity index is 1.60. The van der Waals surface area contributed by atoms with E-state index in [1.165, 1.54) is 16.9 Å². The first-order chi connectivity index (χ1) is 25.6. The Morgan fingerprint density at radius 1 is 0.704 bits per heavy atom. The van der Waals surface area contributed by atoms with Crippen molar-refractivity contribution in [3.05, 3.63) is 179 Å². The average Bonchev–Trinajstić information content (AvgIpc) is 3.60. The molecule has 5 aromatic carbocycles. The molecule has 0 spiro atoms. The number of aromatic nitrogens is 4. The van der Waals surface area contributed by atoms with E-state index < -0.39 is 56.7 Å². The van der Waals surface area contributed by atoms with E-state index in [1.54, 1.807) is 20.8 Å². The number of benzene rings is 5. The summed E-state index contributed by atoms with van der Waals surface area (Å²) in [6.07, 6.45) is -9.57. The molecule has 280 valence electrons. The molecule has 0 radical (unpaired) electrons. The normalized spacial score (nSPS) is 14.1. The lowest BCUT2D eigenvalue weighted by Gasteiger charge is -2.37. The van der Waals surface area contributed by atoms with Gasteiger partial charge in [0.15, 0.2) is 11.4 Å². The van der Waals surface area contributed by atoms with Gasteiger partial charge in [0.25, 0.3) is 0 Å². The molecule has 14 heteroatoms. The highest BCUT2D eigenvalue weighted by atomic mass is 32.2. The van der Waals surface area contributed by atoms with Gasteiger partial charge in [-0.15, -0.1) is 15.0 Å². The Morgan fingerprint density at radius 3 is 1.70 bits per heavy atom. The summed E-state index contributed by atoms with van der Waals surface area (Å²) in [6.45, 7) is 4.99. The van der Waals surface area contributed by atoms with Gasteiger partial charge in [-0.3, -0.25) is 0 Å². The smallest absolute Gasteiger partial charge is 0.428 e. The summed E-state index contributed by atoms with van der Waals surface area (Å²) < 4.78 is 105. The van der Waals surface area contributed by atoms with Gasteiger partial charge in [-0.05, 0) is 78.1 Å². The lowest BCUT2D eigenvalue weighted by molar-refractivity contribution is -0.253. The van der Waals surface area contributed by atoms with Crippen LogP contribution in [0.1, 0.15) is 54.4 Å². The van der Waals surface area contributed by atoms with Crippen LogP contribution in [0, 0.1) is 11.6 Å². The van der Waals surface area contributed by atoms with E-state index in [1.807, 2.05) is 91.0 Å². The number of hydrogen-bond acceptors (Lipinski definition) is 5. The summed E-state index contributed by atoms with van der Waals surface area (Å²) in [4.78, 5) is 1.43. The first-order valence-electron chi connectivity index (χ1n) is 16.7. The summed E-state index contributed by atoms with van der Waals surface area (Å²) in [5.74, 6) is -2.69. The van der Waals surface area contributed by atoms with Crippen molar-refractivity contribution < 1.29 is 35.3 Å². The maximum absolute atomic E-state index is 15.4. The molecule has 7 nitrogen and oxygen atoms in total. The molecule has 1 aromatic heterocycles. The van der Waals surface area contributed by atoms with Gasteiger partial charge in [0.1, 0.15) is 17.4 Å². The summed E-state index contributed by atoms with van der Waals surface area (Å²) >= 11 is 0. The molecule has 6 rings (SSSR count). The predicted octanol–water partition coefficient (Wildman–Crippen LogP) is 8.57. The molecule has 6 aromatic rings. The van der Waals surface area contributed by atoms with Crippen LogP contribution in [-0.2, 0) is 28.5 Å². The number of ether oxygens (including phenoxy) is 1. The maximum atomic E-state index is 15.4. The van der Waals surface area contributed by atoms with Crippen molar-refractivity contribution in [1.82, 2.24) is 24.9 Å². The Labute approximate surface area is 310 Å². The molecule has 0 aliphatic rings. The van der Waals surface area contributed by atoms with Crippen LogP contribution in [-0.4, -0.2) is 41.7 Å². The molecule has 0 aliphatic carbocycles. The zero-order valence-electron chi connectivity index (χ0n) is 29.3. The molecule has 0 amide bonds. The van der Waals surface area contributed by atoms with Gasteiger partial charge < -0.3 is 4.74 Å². The van der Waals surface area contributed by atoms with Gasteiger partial charge in [0, 0.05) is 12.5 Å². The molecule has 54 heavy (non-hydrogen) atoms. The number of rotatable bonds is 13. The van der Waals surface area contributed by atoms with E-state index in [-0.39, 0.29) is 23.4 Å². The first kappa shape index (κ1) is 38.4.